The van der Waals surface area contributed by atoms with Crippen LogP contribution < -0.4 is 15.8 Å². The first-order valence-corrected chi connectivity index (χ1v) is 8.87. The number of carbonyl (C=O) groups is 2. The Labute approximate surface area is 149 Å². The maximum atomic E-state index is 12.3. The average molecular weight is 364 g/mol. The van der Waals surface area contributed by atoms with Crippen molar-refractivity contribution in [1.82, 2.24) is 15.8 Å². The number of amides is 2. The number of rotatable bonds is 5. The summed E-state index contributed by atoms with van der Waals surface area (Å²) in [7, 11) is 0. The van der Waals surface area contributed by atoms with Crippen molar-refractivity contribution in [3.8, 4) is 0 Å². The summed E-state index contributed by atoms with van der Waals surface area (Å²) in [4.78, 5) is 31.1. The maximum absolute atomic E-state index is 12.3. The van der Waals surface area contributed by atoms with E-state index in [9.17, 15) is 9.59 Å². The van der Waals surface area contributed by atoms with E-state index in [4.69, 9.17) is 9.15 Å². The SMILES string of the molecule is Cc1nc(N2CCOCC2)sc1C(=O)NNC(=O)CCc1ccco1. The Morgan fingerprint density at radius 2 is 2.12 bits per heavy atom. The van der Waals surface area contributed by atoms with Crippen LogP contribution in [0.2, 0.25) is 0 Å². The van der Waals surface area contributed by atoms with Crippen molar-refractivity contribution in [2.24, 2.45) is 0 Å². The summed E-state index contributed by atoms with van der Waals surface area (Å²) in [5, 5.41) is 0.801. The molecule has 1 aliphatic heterocycles. The van der Waals surface area contributed by atoms with E-state index in [0.717, 1.165) is 24.0 Å². The van der Waals surface area contributed by atoms with Gasteiger partial charge in [0.05, 0.1) is 25.2 Å². The summed E-state index contributed by atoms with van der Waals surface area (Å²) in [6.07, 6.45) is 2.28. The minimum atomic E-state index is -0.360. The van der Waals surface area contributed by atoms with Gasteiger partial charge in [0.15, 0.2) is 5.13 Å². The molecule has 0 unspecified atom stereocenters. The lowest BCUT2D eigenvalue weighted by Crippen LogP contribution is -2.41. The minimum Gasteiger partial charge on any atom is -0.469 e. The Bertz CT molecular complexity index is 723. The molecule has 0 saturated carbocycles. The number of furan rings is 1. The molecule has 134 valence electrons. The molecule has 2 aromatic heterocycles. The van der Waals surface area contributed by atoms with E-state index in [0.29, 0.717) is 30.2 Å². The van der Waals surface area contributed by atoms with Gasteiger partial charge in [-0.2, -0.15) is 0 Å². The highest BCUT2D eigenvalue weighted by atomic mass is 32.1. The van der Waals surface area contributed by atoms with Crippen LogP contribution in [-0.2, 0) is 16.0 Å². The highest BCUT2D eigenvalue weighted by Crippen LogP contribution is 2.26. The van der Waals surface area contributed by atoms with Crippen LogP contribution >= 0.6 is 11.3 Å². The van der Waals surface area contributed by atoms with E-state index < -0.39 is 0 Å². The first-order chi connectivity index (χ1) is 12.1. The quantitative estimate of drug-likeness (QED) is 0.776. The number of morpholine rings is 1. The number of nitrogens with zero attached hydrogens (tertiary/aromatic N) is 2. The van der Waals surface area contributed by atoms with Gasteiger partial charge in [0.2, 0.25) is 5.91 Å². The molecule has 3 rings (SSSR count). The maximum Gasteiger partial charge on any atom is 0.281 e. The number of aryl methyl sites for hydroxylation is 2. The third-order valence-corrected chi connectivity index (χ3v) is 4.98. The molecule has 0 atom stereocenters. The molecule has 2 amide bonds. The molecular formula is C16H20N4O4S. The van der Waals surface area contributed by atoms with E-state index in [1.54, 1.807) is 25.3 Å². The average Bonchev–Trinajstić information content (AvgIpc) is 3.28. The topological polar surface area (TPSA) is 96.7 Å². The number of thiazole rings is 1. The molecule has 0 bridgehead atoms. The van der Waals surface area contributed by atoms with Crippen molar-refractivity contribution < 1.29 is 18.7 Å². The van der Waals surface area contributed by atoms with E-state index in [2.05, 4.69) is 20.7 Å². The lowest BCUT2D eigenvalue weighted by atomic mass is 10.2. The summed E-state index contributed by atoms with van der Waals surface area (Å²) in [5.74, 6) is 0.0936. The monoisotopic (exact) mass is 364 g/mol. The van der Waals surface area contributed by atoms with Crippen LogP contribution in [0.3, 0.4) is 0 Å². The fourth-order valence-electron chi connectivity index (χ4n) is 2.42. The third kappa shape index (κ3) is 4.58. The number of carbonyl (C=O) groups excluding carboxylic acids is 2. The molecule has 1 aliphatic rings. The molecule has 0 aromatic carbocycles. The molecule has 1 saturated heterocycles. The van der Waals surface area contributed by atoms with E-state index >= 15 is 0 Å². The molecule has 0 spiro atoms. The van der Waals surface area contributed by atoms with Crippen LogP contribution in [0.15, 0.2) is 22.8 Å². The van der Waals surface area contributed by atoms with Crippen LogP contribution in [0.4, 0.5) is 5.13 Å². The van der Waals surface area contributed by atoms with Gasteiger partial charge in [0.25, 0.3) is 5.91 Å². The van der Waals surface area contributed by atoms with Crippen molar-refractivity contribution in [1.29, 1.82) is 0 Å². The van der Waals surface area contributed by atoms with Gasteiger partial charge < -0.3 is 14.1 Å². The first-order valence-electron chi connectivity index (χ1n) is 8.05. The summed E-state index contributed by atoms with van der Waals surface area (Å²) in [5.41, 5.74) is 5.52. The predicted octanol–water partition coefficient (Wildman–Crippen LogP) is 1.27. The molecule has 8 nitrogen and oxygen atoms in total. The van der Waals surface area contributed by atoms with Crippen molar-refractivity contribution in [2.45, 2.75) is 19.8 Å². The van der Waals surface area contributed by atoms with Gasteiger partial charge in [-0.05, 0) is 19.1 Å². The van der Waals surface area contributed by atoms with Crippen LogP contribution in [-0.4, -0.2) is 43.1 Å². The molecule has 0 aliphatic carbocycles. The molecule has 2 N–H and O–H groups in total. The van der Waals surface area contributed by atoms with Crippen LogP contribution in [0.1, 0.15) is 27.5 Å². The largest absolute Gasteiger partial charge is 0.469 e. The molecule has 1 fully saturated rings. The lowest BCUT2D eigenvalue weighted by Gasteiger charge is -2.25. The highest BCUT2D eigenvalue weighted by molar-refractivity contribution is 7.17. The molecular weight excluding hydrogens is 344 g/mol. The normalized spacial score (nSPS) is 14.4. The van der Waals surface area contributed by atoms with Crippen LogP contribution in [0, 0.1) is 6.92 Å². The lowest BCUT2D eigenvalue weighted by molar-refractivity contribution is -0.121. The van der Waals surface area contributed by atoms with Crippen molar-refractivity contribution >= 4 is 28.3 Å². The Hall–Kier alpha value is -2.39. The molecule has 2 aromatic rings. The number of anilines is 1. The smallest absolute Gasteiger partial charge is 0.281 e. The van der Waals surface area contributed by atoms with E-state index in [-0.39, 0.29) is 18.2 Å². The van der Waals surface area contributed by atoms with Gasteiger partial charge in [-0.25, -0.2) is 4.98 Å². The summed E-state index contributed by atoms with van der Waals surface area (Å²) in [6.45, 7) is 4.63. The van der Waals surface area contributed by atoms with Gasteiger partial charge in [-0.15, -0.1) is 0 Å². The molecule has 0 radical (unpaired) electrons. The standard InChI is InChI=1S/C16H20N4O4S/c1-11-14(25-16(17-11)20-6-9-23-10-7-20)15(22)19-18-13(21)5-4-12-3-2-8-24-12/h2-3,8H,4-7,9-10H2,1H3,(H,18,21)(H,19,22). The Morgan fingerprint density at radius 3 is 2.84 bits per heavy atom. The van der Waals surface area contributed by atoms with Gasteiger partial charge in [-0.1, -0.05) is 11.3 Å². The third-order valence-electron chi connectivity index (χ3n) is 3.77. The Balaban J connectivity index is 1.50. The number of hydrogen-bond donors (Lipinski definition) is 2. The Kier molecular flexibility index (Phi) is 5.67. The minimum absolute atomic E-state index is 0.231. The fraction of sp³-hybridized carbons (Fsp3) is 0.438. The second-order valence-corrected chi connectivity index (χ2v) is 6.57. The highest BCUT2D eigenvalue weighted by Gasteiger charge is 2.20. The Morgan fingerprint density at radius 1 is 1.32 bits per heavy atom. The van der Waals surface area contributed by atoms with E-state index in [1.807, 2.05) is 0 Å². The number of hydrazine groups is 1. The zero-order valence-electron chi connectivity index (χ0n) is 13.9. The molecule has 25 heavy (non-hydrogen) atoms. The van der Waals surface area contributed by atoms with Gasteiger partial charge in [0, 0.05) is 25.9 Å². The van der Waals surface area contributed by atoms with Crippen LogP contribution in [0.25, 0.3) is 0 Å². The van der Waals surface area contributed by atoms with Crippen molar-refractivity contribution in [3.63, 3.8) is 0 Å². The molecule has 9 heteroatoms. The van der Waals surface area contributed by atoms with Gasteiger partial charge >= 0.3 is 0 Å². The number of nitrogens with one attached hydrogen (secondary N) is 2. The van der Waals surface area contributed by atoms with Gasteiger partial charge in [-0.3, -0.25) is 20.4 Å². The zero-order valence-corrected chi connectivity index (χ0v) is 14.7. The summed E-state index contributed by atoms with van der Waals surface area (Å²) < 4.78 is 10.5. The zero-order chi connectivity index (χ0) is 17.6. The second-order valence-electron chi connectivity index (χ2n) is 5.59. The fourth-order valence-corrected chi connectivity index (χ4v) is 3.43. The number of ether oxygens (including phenoxy) is 1. The van der Waals surface area contributed by atoms with Crippen LogP contribution in [0.5, 0.6) is 0 Å². The van der Waals surface area contributed by atoms with Gasteiger partial charge in [0.1, 0.15) is 10.6 Å². The summed E-state index contributed by atoms with van der Waals surface area (Å²) in [6, 6.07) is 3.58. The number of aromatic nitrogens is 1. The predicted molar refractivity (Wildman–Crippen MR) is 92.5 cm³/mol. The van der Waals surface area contributed by atoms with Crippen molar-refractivity contribution in [2.75, 3.05) is 31.2 Å². The number of hydrogen-bond acceptors (Lipinski definition) is 7. The summed E-state index contributed by atoms with van der Waals surface area (Å²) >= 11 is 1.32. The van der Waals surface area contributed by atoms with Crippen molar-refractivity contribution in [3.05, 3.63) is 34.7 Å². The van der Waals surface area contributed by atoms with E-state index in [1.165, 1.54) is 11.3 Å². The second kappa shape index (κ2) is 8.13. The molecule has 3 heterocycles. The first kappa shape index (κ1) is 17.4.